The number of hydrogen-bond donors (Lipinski definition) is 2. The lowest BCUT2D eigenvalue weighted by Gasteiger charge is -2.17. The van der Waals surface area contributed by atoms with Crippen molar-refractivity contribution in [2.24, 2.45) is 5.92 Å². The number of hydrogen-bond acceptors (Lipinski definition) is 4. The van der Waals surface area contributed by atoms with E-state index in [0.717, 1.165) is 16.5 Å². The molecule has 4 rings (SSSR count). The molecule has 0 saturated heterocycles. The summed E-state index contributed by atoms with van der Waals surface area (Å²) < 4.78 is 26.1. The highest BCUT2D eigenvalue weighted by molar-refractivity contribution is 5.95. The molecule has 2 atom stereocenters. The molecule has 0 spiro atoms. The topological polar surface area (TPSA) is 66.9 Å². The van der Waals surface area contributed by atoms with E-state index in [-0.39, 0.29) is 12.5 Å². The van der Waals surface area contributed by atoms with E-state index in [4.69, 9.17) is 0 Å². The average Bonchev–Trinajstić information content (AvgIpc) is 3.31. The van der Waals surface area contributed by atoms with Crippen LogP contribution in [0.1, 0.15) is 24.9 Å². The molecule has 7 heteroatoms. The molecule has 2 aromatic carbocycles. The third kappa shape index (κ3) is 3.58. The number of nitrogens with one attached hydrogen (secondary N) is 2. The van der Waals surface area contributed by atoms with Crippen molar-refractivity contribution < 1.29 is 13.6 Å². The average molecular weight is 368 g/mol. The van der Waals surface area contributed by atoms with Crippen LogP contribution in [0, 0.1) is 5.92 Å². The summed E-state index contributed by atoms with van der Waals surface area (Å²) in [6.45, 7) is 1.97. The lowest BCUT2D eigenvalue weighted by molar-refractivity contribution is -0.119. The van der Waals surface area contributed by atoms with Gasteiger partial charge in [-0.1, -0.05) is 24.3 Å². The summed E-state index contributed by atoms with van der Waals surface area (Å²) in [5, 5.41) is 6.83. The number of para-hydroxylation sites is 1. The summed E-state index contributed by atoms with van der Waals surface area (Å²) in [6.07, 6.45) is 1.13. The van der Waals surface area contributed by atoms with Crippen LogP contribution in [0.15, 0.2) is 54.9 Å². The number of aromatic nitrogens is 2. The normalized spacial score (nSPS) is 18.7. The molecule has 1 saturated carbocycles. The minimum absolute atomic E-state index is 0.109. The zero-order valence-electron chi connectivity index (χ0n) is 14.6. The number of halogens is 2. The highest BCUT2D eigenvalue weighted by Crippen LogP contribution is 2.49. The summed E-state index contributed by atoms with van der Waals surface area (Å²) >= 11 is 0. The number of benzene rings is 2. The van der Waals surface area contributed by atoms with Crippen LogP contribution in [-0.4, -0.2) is 21.8 Å². The van der Waals surface area contributed by atoms with Crippen molar-refractivity contribution in [1.82, 2.24) is 9.97 Å². The molecule has 138 valence electrons. The number of alkyl halides is 2. The van der Waals surface area contributed by atoms with Crippen LogP contribution in [0.25, 0.3) is 10.9 Å². The number of carbonyl (C=O) groups is 1. The molecule has 2 N–H and O–H groups in total. The predicted octanol–water partition coefficient (Wildman–Crippen LogP) is 4.40. The maximum atomic E-state index is 13.0. The van der Waals surface area contributed by atoms with Crippen LogP contribution in [-0.2, 0) is 4.79 Å². The Kier molecular flexibility index (Phi) is 4.22. The first-order valence-electron chi connectivity index (χ1n) is 8.69. The van der Waals surface area contributed by atoms with Crippen molar-refractivity contribution in [3.05, 3.63) is 60.4 Å². The maximum Gasteiger partial charge on any atom is 0.260 e. The monoisotopic (exact) mass is 368 g/mol. The van der Waals surface area contributed by atoms with E-state index in [1.165, 1.54) is 6.33 Å². The summed E-state index contributed by atoms with van der Waals surface area (Å²) in [5.74, 6) is -4.02. The first kappa shape index (κ1) is 17.3. The summed E-state index contributed by atoms with van der Waals surface area (Å²) in [6, 6.07) is 14.7. The number of rotatable bonds is 5. The third-order valence-corrected chi connectivity index (χ3v) is 4.69. The molecule has 0 bridgehead atoms. The summed E-state index contributed by atoms with van der Waals surface area (Å²) in [4.78, 5) is 20.4. The van der Waals surface area contributed by atoms with Crippen LogP contribution in [0.3, 0.4) is 0 Å². The van der Waals surface area contributed by atoms with E-state index in [1.807, 2.05) is 37.3 Å². The van der Waals surface area contributed by atoms with Gasteiger partial charge >= 0.3 is 0 Å². The van der Waals surface area contributed by atoms with Gasteiger partial charge in [-0.3, -0.25) is 4.79 Å². The second kappa shape index (κ2) is 6.57. The second-order valence-electron chi connectivity index (χ2n) is 6.74. The first-order chi connectivity index (χ1) is 12.9. The van der Waals surface area contributed by atoms with Crippen LogP contribution >= 0.6 is 0 Å². The molecule has 0 aliphatic heterocycles. The largest absolute Gasteiger partial charge is 0.363 e. The molecule has 5 nitrogen and oxygen atoms in total. The highest BCUT2D eigenvalue weighted by Gasteiger charge is 2.61. The van der Waals surface area contributed by atoms with Gasteiger partial charge in [0.1, 0.15) is 18.1 Å². The molecule has 1 unspecified atom stereocenters. The van der Waals surface area contributed by atoms with Gasteiger partial charge in [-0.15, -0.1) is 0 Å². The van der Waals surface area contributed by atoms with E-state index in [0.29, 0.717) is 11.5 Å². The Bertz CT molecular complexity index is 1000. The first-order valence-corrected chi connectivity index (χ1v) is 8.69. The van der Waals surface area contributed by atoms with Gasteiger partial charge < -0.3 is 10.6 Å². The van der Waals surface area contributed by atoms with E-state index in [2.05, 4.69) is 20.6 Å². The smallest absolute Gasteiger partial charge is 0.260 e. The maximum absolute atomic E-state index is 13.0. The Balaban J connectivity index is 1.50. The number of amides is 1. The standard InChI is InChI=1S/C20H18F2N4O/c1-12(25-18-15-7-2-3-8-17(15)23-11-24-18)13-5-4-6-14(9-13)26-19(27)16-10-20(16,21)22/h2-9,11-12,16H,10H2,1H3,(H,26,27)(H,23,24,25)/t12-,16?/m1/s1. The third-order valence-electron chi connectivity index (χ3n) is 4.69. The Hall–Kier alpha value is -3.09. The Morgan fingerprint density at radius 1 is 1.19 bits per heavy atom. The van der Waals surface area contributed by atoms with Crippen molar-refractivity contribution in [2.45, 2.75) is 25.3 Å². The Morgan fingerprint density at radius 3 is 2.74 bits per heavy atom. The van der Waals surface area contributed by atoms with E-state index >= 15 is 0 Å². The van der Waals surface area contributed by atoms with Gasteiger partial charge in [-0.2, -0.15) is 0 Å². The van der Waals surface area contributed by atoms with Gasteiger partial charge in [-0.25, -0.2) is 18.7 Å². The van der Waals surface area contributed by atoms with Gasteiger partial charge in [0, 0.05) is 17.5 Å². The molecular weight excluding hydrogens is 350 g/mol. The lowest BCUT2D eigenvalue weighted by atomic mass is 10.1. The molecule has 1 aliphatic rings. The van der Waals surface area contributed by atoms with Crippen LogP contribution in [0.2, 0.25) is 0 Å². The van der Waals surface area contributed by atoms with E-state index in [9.17, 15) is 13.6 Å². The van der Waals surface area contributed by atoms with Crippen molar-refractivity contribution in [3.63, 3.8) is 0 Å². The van der Waals surface area contributed by atoms with Crippen molar-refractivity contribution in [3.8, 4) is 0 Å². The molecule has 1 aliphatic carbocycles. The van der Waals surface area contributed by atoms with Crippen LogP contribution in [0.4, 0.5) is 20.3 Å². The predicted molar refractivity (Wildman–Crippen MR) is 99.7 cm³/mol. The summed E-state index contributed by atoms with van der Waals surface area (Å²) in [5.41, 5.74) is 2.24. The van der Waals surface area contributed by atoms with E-state index < -0.39 is 17.7 Å². The van der Waals surface area contributed by atoms with Crippen molar-refractivity contribution in [1.29, 1.82) is 0 Å². The molecule has 3 aromatic rings. The van der Waals surface area contributed by atoms with Crippen LogP contribution in [0.5, 0.6) is 0 Å². The zero-order valence-corrected chi connectivity index (χ0v) is 14.6. The van der Waals surface area contributed by atoms with Gasteiger partial charge in [0.25, 0.3) is 5.92 Å². The Morgan fingerprint density at radius 2 is 1.96 bits per heavy atom. The minimum atomic E-state index is -2.87. The molecule has 1 amide bonds. The molecule has 27 heavy (non-hydrogen) atoms. The van der Waals surface area contributed by atoms with E-state index in [1.54, 1.807) is 18.2 Å². The van der Waals surface area contributed by atoms with Gasteiger partial charge in [0.15, 0.2) is 0 Å². The fourth-order valence-electron chi connectivity index (χ4n) is 3.02. The van der Waals surface area contributed by atoms with Crippen molar-refractivity contribution in [2.75, 3.05) is 10.6 Å². The van der Waals surface area contributed by atoms with Gasteiger partial charge in [-0.05, 0) is 36.8 Å². The summed E-state index contributed by atoms with van der Waals surface area (Å²) in [7, 11) is 0. The number of anilines is 2. The number of carbonyl (C=O) groups excluding carboxylic acids is 1. The minimum Gasteiger partial charge on any atom is -0.363 e. The van der Waals surface area contributed by atoms with Gasteiger partial charge in [0.05, 0.1) is 11.6 Å². The Labute approximate surface area is 154 Å². The number of fused-ring (bicyclic) bond motifs is 1. The zero-order chi connectivity index (χ0) is 19.0. The fourth-order valence-corrected chi connectivity index (χ4v) is 3.02. The molecular formula is C20H18F2N4O. The fraction of sp³-hybridized carbons (Fsp3) is 0.250. The molecule has 0 radical (unpaired) electrons. The van der Waals surface area contributed by atoms with Crippen molar-refractivity contribution >= 4 is 28.3 Å². The quantitative estimate of drug-likeness (QED) is 0.701. The lowest BCUT2D eigenvalue weighted by Crippen LogP contribution is -2.17. The number of nitrogens with zero attached hydrogens (tertiary/aromatic N) is 2. The van der Waals surface area contributed by atoms with Gasteiger partial charge in [0.2, 0.25) is 5.91 Å². The molecule has 1 aromatic heterocycles. The van der Waals surface area contributed by atoms with Crippen LogP contribution < -0.4 is 10.6 Å². The molecule has 1 fully saturated rings. The SMILES string of the molecule is C[C@@H](Nc1ncnc2ccccc12)c1cccc(NC(=O)C2CC2(F)F)c1. The second-order valence-corrected chi connectivity index (χ2v) is 6.74. The highest BCUT2D eigenvalue weighted by atomic mass is 19.3. The molecule has 1 heterocycles.